The largest absolute Gasteiger partial charge is 0.379 e. The van der Waals surface area contributed by atoms with Crippen molar-refractivity contribution >= 4 is 28.3 Å². The molecule has 2 heterocycles. The van der Waals surface area contributed by atoms with Crippen LogP contribution in [-0.4, -0.2) is 69.0 Å². The number of piperidine rings is 1. The van der Waals surface area contributed by atoms with Gasteiger partial charge in [-0.25, -0.2) is 8.42 Å². The topological polar surface area (TPSA) is 92.9 Å². The molecule has 0 bridgehead atoms. The Morgan fingerprint density at radius 3 is 2.41 bits per heavy atom. The monoisotopic (exact) mass is 417 g/mol. The number of halogens is 1. The second kappa shape index (κ2) is 9.34. The van der Waals surface area contributed by atoms with Gasteiger partial charge >= 0.3 is 0 Å². The number of nitrogens with two attached hydrogens (primary N) is 1. The molecule has 1 unspecified atom stereocenters. The first kappa shape index (κ1) is 22.1. The molecule has 0 spiro atoms. The van der Waals surface area contributed by atoms with E-state index in [2.05, 4.69) is 0 Å². The lowest BCUT2D eigenvalue weighted by molar-refractivity contribution is 0.0680. The lowest BCUT2D eigenvalue weighted by Gasteiger charge is -2.33. The minimum absolute atomic E-state index is 0. The van der Waals surface area contributed by atoms with Crippen molar-refractivity contribution in [2.45, 2.75) is 30.7 Å². The lowest BCUT2D eigenvalue weighted by atomic mass is 9.90. The summed E-state index contributed by atoms with van der Waals surface area (Å²) >= 11 is 0. The number of hydrogen-bond acceptors (Lipinski definition) is 5. The van der Waals surface area contributed by atoms with Gasteiger partial charge in [0.05, 0.1) is 18.1 Å². The molecular weight excluding hydrogens is 390 g/mol. The fourth-order valence-electron chi connectivity index (χ4n) is 3.54. The summed E-state index contributed by atoms with van der Waals surface area (Å²) in [5.41, 5.74) is 6.37. The molecule has 152 valence electrons. The van der Waals surface area contributed by atoms with E-state index in [0.29, 0.717) is 50.9 Å². The molecule has 9 heteroatoms. The van der Waals surface area contributed by atoms with Crippen molar-refractivity contribution in [1.82, 2.24) is 9.21 Å². The molecule has 2 N–H and O–H groups in total. The van der Waals surface area contributed by atoms with Crippen molar-refractivity contribution in [3.8, 4) is 0 Å². The van der Waals surface area contributed by atoms with Crippen molar-refractivity contribution in [2.75, 3.05) is 39.4 Å². The molecule has 0 radical (unpaired) electrons. The van der Waals surface area contributed by atoms with Gasteiger partial charge in [-0.05, 0) is 43.9 Å². The number of nitrogens with zero attached hydrogens (tertiary/aromatic N) is 2. The smallest absolute Gasteiger partial charge is 0.253 e. The second-order valence-electron chi connectivity index (χ2n) is 7.03. The zero-order valence-electron chi connectivity index (χ0n) is 15.5. The minimum atomic E-state index is -3.60. The number of likely N-dealkylation sites (tertiary alicyclic amines) is 1. The number of ether oxygens (including phenoxy) is 1. The molecule has 2 fully saturated rings. The number of morpholine rings is 1. The quantitative estimate of drug-likeness (QED) is 0.797. The first-order chi connectivity index (χ1) is 12.4. The van der Waals surface area contributed by atoms with E-state index in [0.717, 1.165) is 12.8 Å². The molecule has 1 amide bonds. The molecule has 0 saturated carbocycles. The first-order valence-electron chi connectivity index (χ1n) is 9.12. The van der Waals surface area contributed by atoms with E-state index in [1.807, 2.05) is 6.92 Å². The Morgan fingerprint density at radius 1 is 1.19 bits per heavy atom. The molecule has 2 saturated heterocycles. The molecule has 1 aromatic carbocycles. The molecule has 0 aliphatic carbocycles. The summed E-state index contributed by atoms with van der Waals surface area (Å²) in [5.74, 6) is 0.319. The van der Waals surface area contributed by atoms with Crippen LogP contribution in [0.15, 0.2) is 29.2 Å². The molecule has 1 aromatic rings. The van der Waals surface area contributed by atoms with Crippen molar-refractivity contribution in [3.63, 3.8) is 0 Å². The highest BCUT2D eigenvalue weighted by atomic mass is 35.5. The van der Waals surface area contributed by atoms with E-state index in [4.69, 9.17) is 10.5 Å². The van der Waals surface area contributed by atoms with Crippen molar-refractivity contribution in [1.29, 1.82) is 0 Å². The van der Waals surface area contributed by atoms with Gasteiger partial charge in [0.2, 0.25) is 10.0 Å². The van der Waals surface area contributed by atoms with Crippen LogP contribution in [0.3, 0.4) is 0 Å². The highest BCUT2D eigenvalue weighted by Crippen LogP contribution is 2.23. The number of benzene rings is 1. The summed E-state index contributed by atoms with van der Waals surface area (Å²) in [6.45, 7) is 4.79. The zero-order valence-corrected chi connectivity index (χ0v) is 17.2. The van der Waals surface area contributed by atoms with Crippen LogP contribution in [0, 0.1) is 5.92 Å². The number of sulfonamides is 1. The van der Waals surface area contributed by atoms with Crippen LogP contribution >= 0.6 is 12.4 Å². The van der Waals surface area contributed by atoms with E-state index in [9.17, 15) is 13.2 Å². The Hall–Kier alpha value is -1.19. The molecule has 7 nitrogen and oxygen atoms in total. The van der Waals surface area contributed by atoms with E-state index in [1.165, 1.54) is 10.4 Å². The maximum Gasteiger partial charge on any atom is 0.253 e. The first-order valence-corrected chi connectivity index (χ1v) is 10.6. The van der Waals surface area contributed by atoms with Crippen LogP contribution in [0.2, 0.25) is 0 Å². The maximum absolute atomic E-state index is 12.8. The van der Waals surface area contributed by atoms with Crippen LogP contribution in [0.25, 0.3) is 0 Å². The number of carbonyl (C=O) groups is 1. The second-order valence-corrected chi connectivity index (χ2v) is 8.97. The minimum Gasteiger partial charge on any atom is -0.379 e. The molecule has 27 heavy (non-hydrogen) atoms. The summed E-state index contributed by atoms with van der Waals surface area (Å²) in [6, 6.07) is 6.48. The van der Waals surface area contributed by atoms with Gasteiger partial charge in [0.1, 0.15) is 0 Å². The van der Waals surface area contributed by atoms with Crippen LogP contribution < -0.4 is 5.73 Å². The highest BCUT2D eigenvalue weighted by Gasteiger charge is 2.29. The number of hydrogen-bond donors (Lipinski definition) is 1. The Kier molecular flexibility index (Phi) is 7.64. The van der Waals surface area contributed by atoms with Gasteiger partial charge in [0.25, 0.3) is 5.91 Å². The summed E-state index contributed by atoms with van der Waals surface area (Å²) < 4.78 is 32.2. The average molecular weight is 418 g/mol. The third-order valence-corrected chi connectivity index (χ3v) is 7.15. The molecule has 3 rings (SSSR count). The van der Waals surface area contributed by atoms with Crippen LogP contribution in [0.5, 0.6) is 0 Å². The lowest BCUT2D eigenvalue weighted by Crippen LogP contribution is -2.42. The van der Waals surface area contributed by atoms with Crippen molar-refractivity contribution in [2.24, 2.45) is 11.7 Å². The molecule has 1 atom stereocenters. The van der Waals surface area contributed by atoms with Crippen molar-refractivity contribution < 1.29 is 17.9 Å². The van der Waals surface area contributed by atoms with Gasteiger partial charge in [-0.3, -0.25) is 4.79 Å². The Morgan fingerprint density at radius 2 is 1.81 bits per heavy atom. The Bertz CT molecular complexity index is 743. The van der Waals surface area contributed by atoms with Gasteiger partial charge in [0.15, 0.2) is 0 Å². The summed E-state index contributed by atoms with van der Waals surface area (Å²) in [5, 5.41) is 0. The summed E-state index contributed by atoms with van der Waals surface area (Å²) in [4.78, 5) is 14.8. The highest BCUT2D eigenvalue weighted by molar-refractivity contribution is 7.89. The summed E-state index contributed by atoms with van der Waals surface area (Å²) in [6.07, 6.45) is 1.77. The standard InChI is InChI=1S/C18H27N3O4S.ClH/c1-14(19)15-5-7-20(8-6-15)18(22)16-3-2-4-17(13-16)26(23,24)21-9-11-25-12-10-21;/h2-4,13-15H,5-12,19H2,1H3;1H. The number of rotatable bonds is 4. The fourth-order valence-corrected chi connectivity index (χ4v) is 4.99. The molecule has 2 aliphatic rings. The Labute approximate surface area is 167 Å². The van der Waals surface area contributed by atoms with Gasteiger partial charge in [-0.1, -0.05) is 6.07 Å². The molecule has 2 aliphatic heterocycles. The van der Waals surface area contributed by atoms with Gasteiger partial charge < -0.3 is 15.4 Å². The summed E-state index contributed by atoms with van der Waals surface area (Å²) in [7, 11) is -3.60. The van der Waals surface area contributed by atoms with Crippen molar-refractivity contribution in [3.05, 3.63) is 29.8 Å². The molecule has 0 aromatic heterocycles. The van der Waals surface area contributed by atoms with E-state index < -0.39 is 10.0 Å². The van der Waals surface area contributed by atoms with Crippen LogP contribution in [-0.2, 0) is 14.8 Å². The molecular formula is C18H28ClN3O4S. The van der Waals surface area contributed by atoms with Gasteiger partial charge in [0, 0.05) is 37.8 Å². The number of amides is 1. The van der Waals surface area contributed by atoms with Crippen LogP contribution in [0.4, 0.5) is 0 Å². The Balaban J connectivity index is 0.00000261. The van der Waals surface area contributed by atoms with Gasteiger partial charge in [-0.2, -0.15) is 4.31 Å². The third-order valence-electron chi connectivity index (χ3n) is 5.26. The third kappa shape index (κ3) is 5.00. The normalized spacial score (nSPS) is 20.7. The van der Waals surface area contributed by atoms with E-state index in [1.54, 1.807) is 23.1 Å². The fraction of sp³-hybridized carbons (Fsp3) is 0.611. The average Bonchev–Trinajstić information content (AvgIpc) is 2.68. The number of carbonyl (C=O) groups excluding carboxylic acids is 1. The maximum atomic E-state index is 12.8. The van der Waals surface area contributed by atoms with Gasteiger partial charge in [-0.15, -0.1) is 12.4 Å². The van der Waals surface area contributed by atoms with Crippen LogP contribution in [0.1, 0.15) is 30.1 Å². The predicted octanol–water partition coefficient (Wildman–Crippen LogP) is 1.33. The van der Waals surface area contributed by atoms with E-state index in [-0.39, 0.29) is 29.3 Å². The van der Waals surface area contributed by atoms with E-state index >= 15 is 0 Å². The predicted molar refractivity (Wildman–Crippen MR) is 106 cm³/mol. The zero-order chi connectivity index (χ0) is 18.7. The SMILES string of the molecule is CC(N)C1CCN(C(=O)c2cccc(S(=O)(=O)N3CCOCC3)c2)CC1.Cl.